The number of hydrogen-bond acceptors (Lipinski definition) is 3. The predicted molar refractivity (Wildman–Crippen MR) is 54.8 cm³/mol. The highest BCUT2D eigenvalue weighted by Gasteiger charge is 2.28. The van der Waals surface area contributed by atoms with E-state index in [-0.39, 0.29) is 23.7 Å². The molecule has 2 atom stereocenters. The molecule has 0 bridgehead atoms. The van der Waals surface area contributed by atoms with Crippen molar-refractivity contribution in [2.45, 2.75) is 51.4 Å². The van der Waals surface area contributed by atoms with Crippen molar-refractivity contribution in [1.82, 2.24) is 5.32 Å². The molecule has 1 rings (SSSR count). The minimum absolute atomic E-state index is 0.0344. The number of ether oxygens (including phenoxy) is 1. The molecule has 0 aromatic heterocycles. The summed E-state index contributed by atoms with van der Waals surface area (Å²) in [5.41, 5.74) is 5.39. The van der Waals surface area contributed by atoms with Crippen LogP contribution in [0.4, 0.5) is 0 Å². The molecule has 3 N–H and O–H groups in total. The van der Waals surface area contributed by atoms with Crippen LogP contribution < -0.4 is 11.1 Å². The van der Waals surface area contributed by atoms with Crippen molar-refractivity contribution < 1.29 is 9.53 Å². The third-order valence-corrected chi connectivity index (χ3v) is 2.24. The highest BCUT2D eigenvalue weighted by Crippen LogP contribution is 2.18. The van der Waals surface area contributed by atoms with E-state index in [1.165, 1.54) is 0 Å². The minimum Gasteiger partial charge on any atom is -0.365 e. The van der Waals surface area contributed by atoms with Crippen LogP contribution in [-0.4, -0.2) is 30.2 Å². The summed E-state index contributed by atoms with van der Waals surface area (Å²) in [5.74, 6) is -0.0344. The summed E-state index contributed by atoms with van der Waals surface area (Å²) in [5, 5.41) is 2.80. The molecule has 1 aliphatic heterocycles. The van der Waals surface area contributed by atoms with Gasteiger partial charge >= 0.3 is 0 Å². The number of carbonyl (C=O) groups excluding carboxylic acids is 1. The molecular weight excluding hydrogens is 180 g/mol. The summed E-state index contributed by atoms with van der Waals surface area (Å²) in [4.78, 5) is 11.5. The zero-order valence-corrected chi connectivity index (χ0v) is 9.17. The molecule has 14 heavy (non-hydrogen) atoms. The zero-order chi connectivity index (χ0) is 10.8. The number of rotatable bonds is 3. The lowest BCUT2D eigenvalue weighted by Crippen LogP contribution is -2.47. The van der Waals surface area contributed by atoms with Crippen molar-refractivity contribution in [2.75, 3.05) is 6.54 Å². The molecule has 1 saturated heterocycles. The third-order valence-electron chi connectivity index (χ3n) is 2.24. The summed E-state index contributed by atoms with van der Waals surface area (Å²) < 4.78 is 5.44. The SMILES string of the molecule is CC1CCC(C(=O)NCC(C)(C)N)O1. The van der Waals surface area contributed by atoms with Gasteiger partial charge in [0.15, 0.2) is 0 Å². The Morgan fingerprint density at radius 3 is 2.64 bits per heavy atom. The maximum atomic E-state index is 11.5. The Labute approximate surface area is 85.2 Å². The molecule has 0 radical (unpaired) electrons. The lowest BCUT2D eigenvalue weighted by Gasteiger charge is -2.20. The fourth-order valence-electron chi connectivity index (χ4n) is 1.42. The number of amides is 1. The van der Waals surface area contributed by atoms with E-state index in [1.54, 1.807) is 0 Å². The first kappa shape index (κ1) is 11.5. The van der Waals surface area contributed by atoms with Gasteiger partial charge in [-0.2, -0.15) is 0 Å². The molecule has 4 heteroatoms. The molecule has 0 aromatic rings. The van der Waals surface area contributed by atoms with Crippen LogP contribution in [0, 0.1) is 0 Å². The van der Waals surface area contributed by atoms with Gasteiger partial charge in [0.1, 0.15) is 6.10 Å². The Morgan fingerprint density at radius 1 is 1.57 bits per heavy atom. The van der Waals surface area contributed by atoms with Crippen LogP contribution >= 0.6 is 0 Å². The van der Waals surface area contributed by atoms with Crippen molar-refractivity contribution in [3.63, 3.8) is 0 Å². The molecule has 2 unspecified atom stereocenters. The number of hydrogen-bond donors (Lipinski definition) is 2. The molecule has 0 spiro atoms. The monoisotopic (exact) mass is 200 g/mol. The highest BCUT2D eigenvalue weighted by molar-refractivity contribution is 5.81. The van der Waals surface area contributed by atoms with Gasteiger partial charge in [-0.3, -0.25) is 4.79 Å². The molecule has 0 saturated carbocycles. The fourth-order valence-corrected chi connectivity index (χ4v) is 1.42. The van der Waals surface area contributed by atoms with Crippen molar-refractivity contribution >= 4 is 5.91 Å². The van der Waals surface area contributed by atoms with Gasteiger partial charge in [-0.15, -0.1) is 0 Å². The number of nitrogens with one attached hydrogen (secondary N) is 1. The molecular formula is C10H20N2O2. The largest absolute Gasteiger partial charge is 0.365 e. The van der Waals surface area contributed by atoms with Gasteiger partial charge in [-0.05, 0) is 33.6 Å². The van der Waals surface area contributed by atoms with E-state index >= 15 is 0 Å². The molecule has 82 valence electrons. The van der Waals surface area contributed by atoms with Gasteiger partial charge in [-0.1, -0.05) is 0 Å². The summed E-state index contributed by atoms with van der Waals surface area (Å²) >= 11 is 0. The molecule has 0 aliphatic carbocycles. The zero-order valence-electron chi connectivity index (χ0n) is 9.17. The maximum absolute atomic E-state index is 11.5. The van der Waals surface area contributed by atoms with Gasteiger partial charge in [0.05, 0.1) is 6.10 Å². The Kier molecular flexibility index (Phi) is 3.50. The molecule has 1 heterocycles. The molecule has 1 fully saturated rings. The minimum atomic E-state index is -0.361. The smallest absolute Gasteiger partial charge is 0.249 e. The van der Waals surface area contributed by atoms with Crippen LogP contribution in [0.2, 0.25) is 0 Å². The van der Waals surface area contributed by atoms with Crippen LogP contribution in [-0.2, 0) is 9.53 Å². The average Bonchev–Trinajstić information content (AvgIpc) is 2.46. The van der Waals surface area contributed by atoms with E-state index in [2.05, 4.69) is 5.32 Å². The van der Waals surface area contributed by atoms with Crippen LogP contribution in [0.5, 0.6) is 0 Å². The maximum Gasteiger partial charge on any atom is 0.249 e. The topological polar surface area (TPSA) is 64.4 Å². The number of nitrogens with two attached hydrogens (primary N) is 1. The summed E-state index contributed by atoms with van der Waals surface area (Å²) in [6.07, 6.45) is 1.71. The van der Waals surface area contributed by atoms with Gasteiger partial charge in [0, 0.05) is 12.1 Å². The van der Waals surface area contributed by atoms with Gasteiger partial charge in [0.2, 0.25) is 5.91 Å². The van der Waals surface area contributed by atoms with E-state index < -0.39 is 0 Å². The Balaban J connectivity index is 2.29. The highest BCUT2D eigenvalue weighted by atomic mass is 16.5. The quantitative estimate of drug-likeness (QED) is 0.693. The van der Waals surface area contributed by atoms with Crippen LogP contribution in [0.25, 0.3) is 0 Å². The van der Waals surface area contributed by atoms with E-state index in [9.17, 15) is 4.79 Å². The Bertz CT molecular complexity index is 211. The summed E-state index contributed by atoms with van der Waals surface area (Å²) in [6.45, 7) is 6.23. The van der Waals surface area contributed by atoms with Crippen molar-refractivity contribution in [2.24, 2.45) is 5.73 Å². The molecule has 1 amide bonds. The van der Waals surface area contributed by atoms with E-state index in [0.29, 0.717) is 6.54 Å². The van der Waals surface area contributed by atoms with E-state index in [1.807, 2.05) is 20.8 Å². The Morgan fingerprint density at radius 2 is 2.21 bits per heavy atom. The van der Waals surface area contributed by atoms with Gasteiger partial charge in [0.25, 0.3) is 0 Å². The second kappa shape index (κ2) is 4.28. The molecule has 0 aromatic carbocycles. The van der Waals surface area contributed by atoms with Crippen LogP contribution in [0.15, 0.2) is 0 Å². The number of carbonyl (C=O) groups is 1. The lowest BCUT2D eigenvalue weighted by molar-refractivity contribution is -0.131. The van der Waals surface area contributed by atoms with Crippen molar-refractivity contribution in [1.29, 1.82) is 0 Å². The second-order valence-electron chi connectivity index (χ2n) is 4.72. The summed E-state index contributed by atoms with van der Waals surface area (Å²) in [6, 6.07) is 0. The lowest BCUT2D eigenvalue weighted by atomic mass is 10.1. The Hall–Kier alpha value is -0.610. The van der Waals surface area contributed by atoms with Gasteiger partial charge < -0.3 is 15.8 Å². The molecule has 1 aliphatic rings. The predicted octanol–water partition coefficient (Wildman–Crippen LogP) is 0.407. The first-order valence-electron chi connectivity index (χ1n) is 5.10. The normalized spacial score (nSPS) is 27.7. The standard InChI is InChI=1S/C10H20N2O2/c1-7-4-5-8(14-7)9(13)12-6-10(2,3)11/h7-8H,4-6,11H2,1-3H3,(H,12,13). The molecule has 4 nitrogen and oxygen atoms in total. The van der Waals surface area contributed by atoms with E-state index in [0.717, 1.165) is 12.8 Å². The van der Waals surface area contributed by atoms with Crippen LogP contribution in [0.3, 0.4) is 0 Å². The van der Waals surface area contributed by atoms with Crippen LogP contribution in [0.1, 0.15) is 33.6 Å². The first-order valence-corrected chi connectivity index (χ1v) is 5.10. The second-order valence-corrected chi connectivity index (χ2v) is 4.72. The fraction of sp³-hybridized carbons (Fsp3) is 0.900. The first-order chi connectivity index (χ1) is 6.38. The third kappa shape index (κ3) is 3.64. The summed E-state index contributed by atoms with van der Waals surface area (Å²) in [7, 11) is 0. The van der Waals surface area contributed by atoms with E-state index in [4.69, 9.17) is 10.5 Å². The average molecular weight is 200 g/mol. The van der Waals surface area contributed by atoms with Crippen molar-refractivity contribution in [3.8, 4) is 0 Å². The van der Waals surface area contributed by atoms with Gasteiger partial charge in [-0.25, -0.2) is 0 Å². The van der Waals surface area contributed by atoms with Crippen molar-refractivity contribution in [3.05, 3.63) is 0 Å².